The third-order valence-electron chi connectivity index (χ3n) is 4.38. The second-order valence-corrected chi connectivity index (χ2v) is 6.94. The zero-order valence-electron chi connectivity index (χ0n) is 13.3. The van der Waals surface area contributed by atoms with Gasteiger partial charge in [-0.2, -0.15) is 0 Å². The predicted molar refractivity (Wildman–Crippen MR) is 86.4 cm³/mol. The molecule has 1 atom stereocenters. The van der Waals surface area contributed by atoms with E-state index in [1.54, 1.807) is 12.1 Å². The molecule has 2 N–H and O–H groups in total. The number of nitrogens with one attached hydrogen (secondary N) is 2. The highest BCUT2D eigenvalue weighted by atomic mass is 35.5. The van der Waals surface area contributed by atoms with Crippen molar-refractivity contribution in [2.24, 2.45) is 5.92 Å². The lowest BCUT2D eigenvalue weighted by atomic mass is 9.87. The van der Waals surface area contributed by atoms with Crippen LogP contribution in [-0.4, -0.2) is 25.5 Å². The predicted octanol–water partition coefficient (Wildman–Crippen LogP) is 2.19. The first-order valence-corrected chi connectivity index (χ1v) is 8.37. The number of halogens is 2. The SMILES string of the molecule is CC1CCC(NC(=O)C[NH+](C)Cc2c(F)cccc2Cl)CC1. The van der Waals surface area contributed by atoms with Crippen molar-refractivity contribution < 1.29 is 14.1 Å². The van der Waals surface area contributed by atoms with E-state index in [1.165, 1.54) is 18.9 Å². The van der Waals surface area contributed by atoms with Crippen molar-refractivity contribution in [3.05, 3.63) is 34.6 Å². The van der Waals surface area contributed by atoms with Gasteiger partial charge in [-0.25, -0.2) is 4.39 Å². The fourth-order valence-corrected chi connectivity index (χ4v) is 3.25. The molecule has 1 unspecified atom stereocenters. The van der Waals surface area contributed by atoms with Gasteiger partial charge in [-0.05, 0) is 43.7 Å². The van der Waals surface area contributed by atoms with E-state index in [1.807, 2.05) is 7.05 Å². The van der Waals surface area contributed by atoms with Gasteiger partial charge >= 0.3 is 0 Å². The Kier molecular flexibility index (Phi) is 6.21. The summed E-state index contributed by atoms with van der Waals surface area (Å²) >= 11 is 6.03. The van der Waals surface area contributed by atoms with Gasteiger partial charge in [0.1, 0.15) is 12.4 Å². The highest BCUT2D eigenvalue weighted by Crippen LogP contribution is 2.23. The van der Waals surface area contributed by atoms with E-state index in [2.05, 4.69) is 12.2 Å². The Hall–Kier alpha value is -1.13. The van der Waals surface area contributed by atoms with Crippen LogP contribution < -0.4 is 10.2 Å². The molecule has 1 aliphatic carbocycles. The monoisotopic (exact) mass is 327 g/mol. The summed E-state index contributed by atoms with van der Waals surface area (Å²) in [6.07, 6.45) is 4.48. The number of amides is 1. The Balaban J connectivity index is 1.81. The summed E-state index contributed by atoms with van der Waals surface area (Å²) in [5.74, 6) is 0.489. The maximum Gasteiger partial charge on any atom is 0.275 e. The first-order valence-electron chi connectivity index (χ1n) is 7.99. The van der Waals surface area contributed by atoms with E-state index in [-0.39, 0.29) is 11.7 Å². The smallest absolute Gasteiger partial charge is 0.275 e. The van der Waals surface area contributed by atoms with E-state index in [0.717, 1.165) is 23.7 Å². The van der Waals surface area contributed by atoms with Crippen LogP contribution in [0.2, 0.25) is 5.02 Å². The van der Waals surface area contributed by atoms with Gasteiger partial charge in [-0.15, -0.1) is 0 Å². The van der Waals surface area contributed by atoms with Crippen molar-refractivity contribution >= 4 is 17.5 Å². The van der Waals surface area contributed by atoms with Crippen LogP contribution in [0.1, 0.15) is 38.2 Å². The first kappa shape index (κ1) is 17.2. The molecule has 122 valence electrons. The molecule has 22 heavy (non-hydrogen) atoms. The summed E-state index contributed by atoms with van der Waals surface area (Å²) in [6.45, 7) is 2.99. The molecule has 2 rings (SSSR count). The molecule has 1 aromatic carbocycles. The molecule has 1 amide bonds. The third-order valence-corrected chi connectivity index (χ3v) is 4.74. The molecule has 0 radical (unpaired) electrons. The van der Waals surface area contributed by atoms with Gasteiger partial charge in [-0.1, -0.05) is 24.6 Å². The Morgan fingerprint density at radius 1 is 1.36 bits per heavy atom. The molecule has 1 aromatic rings. The van der Waals surface area contributed by atoms with Crippen molar-refractivity contribution in [3.63, 3.8) is 0 Å². The zero-order valence-corrected chi connectivity index (χ0v) is 14.0. The molecule has 1 fully saturated rings. The van der Waals surface area contributed by atoms with E-state index >= 15 is 0 Å². The minimum absolute atomic E-state index is 0.0320. The van der Waals surface area contributed by atoms with Gasteiger partial charge in [-0.3, -0.25) is 4.79 Å². The first-order chi connectivity index (χ1) is 10.5. The molecule has 1 aliphatic rings. The maximum absolute atomic E-state index is 13.8. The Bertz CT molecular complexity index is 495. The van der Waals surface area contributed by atoms with Gasteiger partial charge < -0.3 is 10.2 Å². The van der Waals surface area contributed by atoms with Crippen LogP contribution in [0.3, 0.4) is 0 Å². The second kappa shape index (κ2) is 7.93. The topological polar surface area (TPSA) is 33.5 Å². The van der Waals surface area contributed by atoms with Gasteiger partial charge in [0.05, 0.1) is 17.6 Å². The normalized spacial score (nSPS) is 23.1. The van der Waals surface area contributed by atoms with Crippen LogP contribution in [0.5, 0.6) is 0 Å². The maximum atomic E-state index is 13.8. The number of likely N-dealkylation sites (N-methyl/N-ethyl adjacent to an activating group) is 1. The largest absolute Gasteiger partial charge is 0.348 e. The minimum Gasteiger partial charge on any atom is -0.348 e. The fraction of sp³-hybridized carbons (Fsp3) is 0.588. The third kappa shape index (κ3) is 4.96. The lowest BCUT2D eigenvalue weighted by molar-refractivity contribution is -0.885. The molecule has 3 nitrogen and oxygen atoms in total. The van der Waals surface area contributed by atoms with Gasteiger partial charge in [0.15, 0.2) is 6.54 Å². The standard InChI is InChI=1S/C17H24ClFN2O/c1-12-6-8-13(9-7-12)20-17(22)11-21(2)10-14-15(18)4-3-5-16(14)19/h3-5,12-13H,6-11H2,1-2H3,(H,20,22)/p+1. The summed E-state index contributed by atoms with van der Waals surface area (Å²) in [7, 11) is 1.88. The molecule has 0 aliphatic heterocycles. The number of carbonyl (C=O) groups excluding carboxylic acids is 1. The Morgan fingerprint density at radius 2 is 2.05 bits per heavy atom. The summed E-state index contributed by atoms with van der Waals surface area (Å²) in [5, 5.41) is 3.52. The summed E-state index contributed by atoms with van der Waals surface area (Å²) in [4.78, 5) is 13.0. The number of carbonyl (C=O) groups is 1. The molecule has 0 spiro atoms. The quantitative estimate of drug-likeness (QED) is 0.854. The van der Waals surface area contributed by atoms with Crippen LogP contribution in [0.4, 0.5) is 4.39 Å². The second-order valence-electron chi connectivity index (χ2n) is 6.54. The summed E-state index contributed by atoms with van der Waals surface area (Å²) in [6, 6.07) is 4.97. The van der Waals surface area contributed by atoms with E-state index in [0.29, 0.717) is 29.7 Å². The number of hydrogen-bond donors (Lipinski definition) is 2. The van der Waals surface area contributed by atoms with Crippen LogP contribution in [0, 0.1) is 11.7 Å². The van der Waals surface area contributed by atoms with Gasteiger partial charge in [0.2, 0.25) is 0 Å². The molecule has 5 heteroatoms. The molecular formula is C17H25ClFN2O+. The van der Waals surface area contributed by atoms with Crippen molar-refractivity contribution in [2.45, 2.75) is 45.2 Å². The highest BCUT2D eigenvalue weighted by molar-refractivity contribution is 6.31. The summed E-state index contributed by atoms with van der Waals surface area (Å²) < 4.78 is 13.8. The number of quaternary nitrogens is 1. The number of hydrogen-bond acceptors (Lipinski definition) is 1. The minimum atomic E-state index is -0.312. The van der Waals surface area contributed by atoms with Crippen molar-refractivity contribution in [1.82, 2.24) is 5.32 Å². The lowest BCUT2D eigenvalue weighted by Crippen LogP contribution is -3.09. The van der Waals surface area contributed by atoms with Crippen molar-refractivity contribution in [1.29, 1.82) is 0 Å². The van der Waals surface area contributed by atoms with Crippen LogP contribution in [0.15, 0.2) is 18.2 Å². The number of rotatable bonds is 5. The molecular weight excluding hydrogens is 303 g/mol. The van der Waals surface area contributed by atoms with Crippen LogP contribution in [-0.2, 0) is 11.3 Å². The van der Waals surface area contributed by atoms with Crippen LogP contribution in [0.25, 0.3) is 0 Å². The van der Waals surface area contributed by atoms with E-state index in [4.69, 9.17) is 11.6 Å². The molecule has 0 aromatic heterocycles. The van der Waals surface area contributed by atoms with E-state index < -0.39 is 0 Å². The average molecular weight is 328 g/mol. The molecule has 0 saturated heterocycles. The summed E-state index contributed by atoms with van der Waals surface area (Å²) in [5.41, 5.74) is 0.473. The lowest BCUT2D eigenvalue weighted by Gasteiger charge is -2.27. The zero-order chi connectivity index (χ0) is 16.1. The van der Waals surface area contributed by atoms with Crippen molar-refractivity contribution in [3.8, 4) is 0 Å². The molecule has 1 saturated carbocycles. The molecule has 0 bridgehead atoms. The average Bonchev–Trinajstić information content (AvgIpc) is 2.45. The van der Waals surface area contributed by atoms with Crippen LogP contribution >= 0.6 is 11.6 Å². The van der Waals surface area contributed by atoms with Crippen molar-refractivity contribution in [2.75, 3.05) is 13.6 Å². The van der Waals surface area contributed by atoms with Gasteiger partial charge in [0, 0.05) is 6.04 Å². The fourth-order valence-electron chi connectivity index (χ4n) is 3.02. The molecule has 0 heterocycles. The van der Waals surface area contributed by atoms with E-state index in [9.17, 15) is 9.18 Å². The Morgan fingerprint density at radius 3 is 2.68 bits per heavy atom. The number of benzene rings is 1. The Labute approximate surface area is 136 Å². The van der Waals surface area contributed by atoms with Gasteiger partial charge in [0.25, 0.3) is 5.91 Å². The highest BCUT2D eigenvalue weighted by Gasteiger charge is 2.21.